The Balaban J connectivity index is 2.64. The molecule has 0 unspecified atom stereocenters. The molecule has 0 atom stereocenters. The summed E-state index contributed by atoms with van der Waals surface area (Å²) >= 11 is 0. The van der Waals surface area contributed by atoms with Crippen molar-refractivity contribution in [3.63, 3.8) is 0 Å². The number of nitrogens with zero attached hydrogens (tertiary/aromatic N) is 2. The van der Waals surface area contributed by atoms with Gasteiger partial charge in [0, 0.05) is 12.3 Å². The molecule has 0 saturated carbocycles. The molecule has 1 aromatic heterocycles. The fraction of sp³-hybridized carbons (Fsp3) is 0.778. The second kappa shape index (κ2) is 3.70. The van der Waals surface area contributed by atoms with E-state index in [9.17, 15) is 0 Å². The lowest BCUT2D eigenvalue weighted by Crippen LogP contribution is -1.96. The van der Waals surface area contributed by atoms with Crippen LogP contribution < -0.4 is 0 Å². The van der Waals surface area contributed by atoms with Crippen molar-refractivity contribution in [2.45, 2.75) is 40.0 Å². The summed E-state index contributed by atoms with van der Waals surface area (Å²) in [6.07, 6.45) is 0.986. The van der Waals surface area contributed by atoms with Crippen LogP contribution in [-0.2, 0) is 6.42 Å². The molecule has 0 amide bonds. The molecule has 1 heterocycles. The van der Waals surface area contributed by atoms with Crippen molar-refractivity contribution >= 4 is 0 Å². The van der Waals surface area contributed by atoms with Gasteiger partial charge in [-0.15, -0.1) is 0 Å². The first-order chi connectivity index (χ1) is 5.59. The van der Waals surface area contributed by atoms with E-state index in [2.05, 4.69) is 42.9 Å². The van der Waals surface area contributed by atoms with Gasteiger partial charge < -0.3 is 0 Å². The Kier molecular flexibility index (Phi) is 2.84. The average molecular weight is 167 g/mol. The van der Waals surface area contributed by atoms with Gasteiger partial charge in [-0.1, -0.05) is 27.7 Å². The van der Waals surface area contributed by atoms with Crippen LogP contribution in [0.2, 0.25) is 0 Å². The summed E-state index contributed by atoms with van der Waals surface area (Å²) in [5.41, 5.74) is 0. The first-order valence-corrected chi connectivity index (χ1v) is 4.50. The molecule has 1 N–H and O–H groups in total. The highest BCUT2D eigenvalue weighted by molar-refractivity contribution is 4.95. The Morgan fingerprint density at radius 1 is 1.25 bits per heavy atom. The van der Waals surface area contributed by atoms with Crippen molar-refractivity contribution in [1.29, 1.82) is 0 Å². The van der Waals surface area contributed by atoms with Gasteiger partial charge in [-0.25, -0.2) is 4.98 Å². The van der Waals surface area contributed by atoms with E-state index in [0.29, 0.717) is 11.8 Å². The summed E-state index contributed by atoms with van der Waals surface area (Å²) in [6.45, 7) is 8.56. The Morgan fingerprint density at radius 3 is 2.33 bits per heavy atom. The molecule has 68 valence electrons. The summed E-state index contributed by atoms with van der Waals surface area (Å²) in [5, 5.41) is 7.09. The van der Waals surface area contributed by atoms with Crippen LogP contribution in [0.5, 0.6) is 0 Å². The zero-order valence-corrected chi connectivity index (χ0v) is 8.26. The Bertz CT molecular complexity index is 238. The maximum absolute atomic E-state index is 4.38. The predicted octanol–water partition coefficient (Wildman–Crippen LogP) is 2.13. The monoisotopic (exact) mass is 167 g/mol. The van der Waals surface area contributed by atoms with E-state index in [4.69, 9.17) is 0 Å². The van der Waals surface area contributed by atoms with Crippen molar-refractivity contribution in [3.8, 4) is 0 Å². The van der Waals surface area contributed by atoms with Crippen molar-refractivity contribution in [2.75, 3.05) is 0 Å². The fourth-order valence-electron chi connectivity index (χ4n) is 1.05. The van der Waals surface area contributed by atoms with Crippen LogP contribution in [0.15, 0.2) is 0 Å². The molecular weight excluding hydrogens is 150 g/mol. The van der Waals surface area contributed by atoms with Gasteiger partial charge in [0.1, 0.15) is 5.82 Å². The molecule has 0 bridgehead atoms. The van der Waals surface area contributed by atoms with Gasteiger partial charge in [0.05, 0.1) is 0 Å². The highest BCUT2D eigenvalue weighted by atomic mass is 15.2. The molecular formula is C9H17N3. The standard InChI is InChI=1S/C9H17N3/c1-6(2)5-8-10-9(7(3)4)12-11-8/h6-7H,5H2,1-4H3,(H,10,11,12). The summed E-state index contributed by atoms with van der Waals surface area (Å²) in [5.74, 6) is 2.99. The van der Waals surface area contributed by atoms with E-state index in [1.54, 1.807) is 0 Å². The highest BCUT2D eigenvalue weighted by Crippen LogP contribution is 2.09. The number of aromatic amines is 1. The van der Waals surface area contributed by atoms with Gasteiger partial charge >= 0.3 is 0 Å². The topological polar surface area (TPSA) is 41.6 Å². The van der Waals surface area contributed by atoms with E-state index in [-0.39, 0.29) is 0 Å². The molecule has 0 aliphatic rings. The third-order valence-corrected chi connectivity index (χ3v) is 1.67. The number of rotatable bonds is 3. The Hall–Kier alpha value is -0.860. The number of H-pyrrole nitrogens is 1. The second-order valence-electron chi connectivity index (χ2n) is 3.89. The number of aromatic nitrogens is 3. The molecule has 1 rings (SSSR count). The van der Waals surface area contributed by atoms with E-state index in [1.165, 1.54) is 0 Å². The summed E-state index contributed by atoms with van der Waals surface area (Å²) < 4.78 is 0. The number of hydrogen-bond donors (Lipinski definition) is 1. The van der Waals surface area contributed by atoms with E-state index in [0.717, 1.165) is 18.1 Å². The lowest BCUT2D eigenvalue weighted by molar-refractivity contribution is 0.622. The zero-order chi connectivity index (χ0) is 9.14. The molecule has 0 fully saturated rings. The average Bonchev–Trinajstić information content (AvgIpc) is 2.34. The van der Waals surface area contributed by atoms with Crippen LogP contribution in [-0.4, -0.2) is 15.2 Å². The highest BCUT2D eigenvalue weighted by Gasteiger charge is 2.07. The van der Waals surface area contributed by atoms with Gasteiger partial charge in [-0.3, -0.25) is 5.10 Å². The molecule has 3 heteroatoms. The summed E-state index contributed by atoms with van der Waals surface area (Å²) in [4.78, 5) is 4.38. The number of hydrogen-bond acceptors (Lipinski definition) is 2. The molecule has 12 heavy (non-hydrogen) atoms. The van der Waals surface area contributed by atoms with Gasteiger partial charge in [-0.05, 0) is 5.92 Å². The zero-order valence-electron chi connectivity index (χ0n) is 8.26. The predicted molar refractivity (Wildman–Crippen MR) is 49.0 cm³/mol. The fourth-order valence-corrected chi connectivity index (χ4v) is 1.05. The molecule has 1 aromatic rings. The third-order valence-electron chi connectivity index (χ3n) is 1.67. The van der Waals surface area contributed by atoms with E-state index >= 15 is 0 Å². The third kappa shape index (κ3) is 2.32. The first kappa shape index (κ1) is 9.23. The second-order valence-corrected chi connectivity index (χ2v) is 3.89. The summed E-state index contributed by atoms with van der Waals surface area (Å²) in [6, 6.07) is 0. The van der Waals surface area contributed by atoms with Gasteiger partial charge in [0.15, 0.2) is 5.82 Å². The van der Waals surface area contributed by atoms with Gasteiger partial charge in [0.25, 0.3) is 0 Å². The number of nitrogens with one attached hydrogen (secondary N) is 1. The lowest BCUT2D eigenvalue weighted by atomic mass is 10.1. The maximum atomic E-state index is 4.38. The molecule has 0 aromatic carbocycles. The van der Waals surface area contributed by atoms with Crippen LogP contribution in [0.3, 0.4) is 0 Å². The van der Waals surface area contributed by atoms with Crippen LogP contribution in [0.25, 0.3) is 0 Å². The van der Waals surface area contributed by atoms with Gasteiger partial charge in [-0.2, -0.15) is 5.10 Å². The quantitative estimate of drug-likeness (QED) is 0.749. The summed E-state index contributed by atoms with van der Waals surface area (Å²) in [7, 11) is 0. The largest absolute Gasteiger partial charge is 0.263 e. The molecule has 0 saturated heterocycles. The normalized spacial score (nSPS) is 11.5. The minimum Gasteiger partial charge on any atom is -0.263 e. The first-order valence-electron chi connectivity index (χ1n) is 4.50. The minimum atomic E-state index is 0.419. The molecule has 3 nitrogen and oxygen atoms in total. The molecule has 0 spiro atoms. The smallest absolute Gasteiger partial charge is 0.153 e. The van der Waals surface area contributed by atoms with Crippen molar-refractivity contribution in [1.82, 2.24) is 15.2 Å². The van der Waals surface area contributed by atoms with Crippen molar-refractivity contribution < 1.29 is 0 Å². The van der Waals surface area contributed by atoms with E-state index < -0.39 is 0 Å². The maximum Gasteiger partial charge on any atom is 0.153 e. The lowest BCUT2D eigenvalue weighted by Gasteiger charge is -1.98. The van der Waals surface area contributed by atoms with Crippen LogP contribution >= 0.6 is 0 Å². The molecule has 0 aliphatic carbocycles. The molecule has 0 radical (unpaired) electrons. The molecule has 0 aliphatic heterocycles. The van der Waals surface area contributed by atoms with Crippen molar-refractivity contribution in [2.24, 2.45) is 5.92 Å². The SMILES string of the molecule is CC(C)Cc1nc(C(C)C)n[nH]1. The Labute approximate surface area is 73.6 Å². The van der Waals surface area contributed by atoms with Gasteiger partial charge in [0.2, 0.25) is 0 Å². The van der Waals surface area contributed by atoms with Crippen LogP contribution in [0.4, 0.5) is 0 Å². The minimum absolute atomic E-state index is 0.419. The van der Waals surface area contributed by atoms with Crippen LogP contribution in [0, 0.1) is 5.92 Å². The van der Waals surface area contributed by atoms with Crippen LogP contribution in [0.1, 0.15) is 45.3 Å². The van der Waals surface area contributed by atoms with Crippen molar-refractivity contribution in [3.05, 3.63) is 11.6 Å². The Morgan fingerprint density at radius 2 is 1.92 bits per heavy atom. The van der Waals surface area contributed by atoms with E-state index in [1.807, 2.05) is 0 Å².